The Hall–Kier alpha value is -3.18. The fourth-order valence-corrected chi connectivity index (χ4v) is 5.77. The van der Waals surface area contributed by atoms with E-state index < -0.39 is 40.4 Å². The Balaban J connectivity index is 2.14. The maximum Gasteiger partial charge on any atom is 0.304 e. The summed E-state index contributed by atoms with van der Waals surface area (Å²) < 4.78 is 43.3. The standard InChI is InChI=1S/C30H35Cl2FN4O4S/c1-21(2)18-34-30(39)28(17-22-11-6-5-7-12-22)36(19-23-24(31)13-10-14-25(23)32)29(38)20-37(42(40,41)35(3)4)27-16-9-8-15-26(27)33/h5-16,21,28H,17-20H2,1-4H3,(H,34,39)/t28-/m0/s1. The lowest BCUT2D eigenvalue weighted by molar-refractivity contribution is -0.140. The van der Waals surface area contributed by atoms with Crippen molar-refractivity contribution in [3.05, 3.63) is 99.8 Å². The van der Waals surface area contributed by atoms with Crippen molar-refractivity contribution in [2.45, 2.75) is 32.9 Å². The van der Waals surface area contributed by atoms with E-state index >= 15 is 0 Å². The average molecular weight is 638 g/mol. The normalized spacial score (nSPS) is 12.3. The third-order valence-electron chi connectivity index (χ3n) is 6.49. The van der Waals surface area contributed by atoms with E-state index in [2.05, 4.69) is 5.32 Å². The van der Waals surface area contributed by atoms with Gasteiger partial charge < -0.3 is 10.2 Å². The van der Waals surface area contributed by atoms with Crippen LogP contribution in [0.25, 0.3) is 0 Å². The van der Waals surface area contributed by atoms with Crippen LogP contribution in [0, 0.1) is 11.7 Å². The van der Waals surface area contributed by atoms with E-state index in [-0.39, 0.29) is 34.6 Å². The molecule has 1 N–H and O–H groups in total. The van der Waals surface area contributed by atoms with Gasteiger partial charge in [-0.25, -0.2) is 8.70 Å². The van der Waals surface area contributed by atoms with Crippen molar-refractivity contribution in [1.82, 2.24) is 14.5 Å². The highest BCUT2D eigenvalue weighted by Crippen LogP contribution is 2.28. The second kappa shape index (κ2) is 14.8. The minimum atomic E-state index is -4.33. The molecule has 0 aliphatic rings. The Kier molecular flexibility index (Phi) is 11.8. The van der Waals surface area contributed by atoms with Crippen molar-refractivity contribution in [2.24, 2.45) is 5.92 Å². The van der Waals surface area contributed by atoms with E-state index in [1.807, 2.05) is 44.2 Å². The maximum atomic E-state index is 14.9. The molecule has 0 fully saturated rings. The molecule has 3 rings (SSSR count). The van der Waals surface area contributed by atoms with Crippen LogP contribution < -0.4 is 9.62 Å². The number of nitrogens with zero attached hydrogens (tertiary/aromatic N) is 3. The maximum absolute atomic E-state index is 14.9. The number of para-hydroxylation sites is 1. The molecular formula is C30H35Cl2FN4O4S. The fraction of sp³-hybridized carbons (Fsp3) is 0.333. The number of amides is 2. The third-order valence-corrected chi connectivity index (χ3v) is 9.00. The van der Waals surface area contributed by atoms with Gasteiger partial charge >= 0.3 is 10.2 Å². The van der Waals surface area contributed by atoms with Crippen molar-refractivity contribution < 1.29 is 22.4 Å². The van der Waals surface area contributed by atoms with Gasteiger partial charge in [-0.2, -0.15) is 12.7 Å². The molecule has 0 aromatic heterocycles. The zero-order chi connectivity index (χ0) is 31.0. The average Bonchev–Trinajstić information content (AvgIpc) is 2.94. The van der Waals surface area contributed by atoms with Gasteiger partial charge in [0.05, 0.1) is 5.69 Å². The zero-order valence-electron chi connectivity index (χ0n) is 23.9. The molecule has 226 valence electrons. The number of carbonyl (C=O) groups excluding carboxylic acids is 2. The summed E-state index contributed by atoms with van der Waals surface area (Å²) >= 11 is 13.0. The van der Waals surface area contributed by atoms with E-state index in [1.54, 1.807) is 18.2 Å². The van der Waals surface area contributed by atoms with Crippen molar-refractivity contribution in [3.63, 3.8) is 0 Å². The second-order valence-electron chi connectivity index (χ2n) is 10.3. The highest BCUT2D eigenvalue weighted by Gasteiger charge is 2.36. The lowest BCUT2D eigenvalue weighted by Gasteiger charge is -2.34. The largest absolute Gasteiger partial charge is 0.354 e. The molecule has 0 bridgehead atoms. The van der Waals surface area contributed by atoms with Crippen molar-refractivity contribution in [3.8, 4) is 0 Å². The summed E-state index contributed by atoms with van der Waals surface area (Å²) in [5.41, 5.74) is 0.855. The molecule has 0 saturated carbocycles. The number of benzene rings is 3. The highest BCUT2D eigenvalue weighted by molar-refractivity contribution is 7.90. The first-order valence-corrected chi connectivity index (χ1v) is 15.5. The number of hydrogen-bond donors (Lipinski definition) is 1. The first-order valence-electron chi connectivity index (χ1n) is 13.3. The van der Waals surface area contributed by atoms with E-state index in [1.165, 1.54) is 37.2 Å². The number of anilines is 1. The minimum absolute atomic E-state index is 0.124. The zero-order valence-corrected chi connectivity index (χ0v) is 26.3. The van der Waals surface area contributed by atoms with Crippen LogP contribution in [0.3, 0.4) is 0 Å². The van der Waals surface area contributed by atoms with Gasteiger partial charge in [-0.3, -0.25) is 9.59 Å². The Bertz CT molecular complexity index is 1470. The molecule has 1 atom stereocenters. The minimum Gasteiger partial charge on any atom is -0.354 e. The predicted molar refractivity (Wildman–Crippen MR) is 165 cm³/mol. The van der Waals surface area contributed by atoms with Gasteiger partial charge in [0.1, 0.15) is 18.4 Å². The number of rotatable bonds is 13. The molecule has 42 heavy (non-hydrogen) atoms. The van der Waals surface area contributed by atoms with Crippen LogP contribution in [0.5, 0.6) is 0 Å². The predicted octanol–water partition coefficient (Wildman–Crippen LogP) is 5.16. The monoisotopic (exact) mass is 636 g/mol. The molecule has 0 radical (unpaired) electrons. The van der Waals surface area contributed by atoms with Crippen LogP contribution in [0.1, 0.15) is 25.0 Å². The van der Waals surface area contributed by atoms with E-state index in [9.17, 15) is 22.4 Å². The Morgan fingerprint density at radius 3 is 2.07 bits per heavy atom. The van der Waals surface area contributed by atoms with Crippen molar-refractivity contribution >= 4 is 50.9 Å². The topological polar surface area (TPSA) is 90.0 Å². The molecule has 0 heterocycles. The first-order chi connectivity index (χ1) is 19.8. The van der Waals surface area contributed by atoms with Crippen LogP contribution in [0.2, 0.25) is 10.0 Å². The molecule has 2 amide bonds. The van der Waals surface area contributed by atoms with Gasteiger partial charge in [0, 0.05) is 49.2 Å². The van der Waals surface area contributed by atoms with Gasteiger partial charge in [-0.1, -0.05) is 85.6 Å². The lowest BCUT2D eigenvalue weighted by atomic mass is 10.0. The van der Waals surface area contributed by atoms with Crippen LogP contribution in [0.15, 0.2) is 72.8 Å². The number of halogens is 3. The van der Waals surface area contributed by atoms with Gasteiger partial charge in [-0.15, -0.1) is 0 Å². The molecular weight excluding hydrogens is 602 g/mol. The summed E-state index contributed by atoms with van der Waals surface area (Å²) in [6.45, 7) is 3.26. The quantitative estimate of drug-likeness (QED) is 0.281. The van der Waals surface area contributed by atoms with Crippen molar-refractivity contribution in [1.29, 1.82) is 0 Å². The lowest BCUT2D eigenvalue weighted by Crippen LogP contribution is -2.54. The molecule has 0 saturated heterocycles. The van der Waals surface area contributed by atoms with Crippen LogP contribution in [-0.2, 0) is 32.8 Å². The molecule has 8 nitrogen and oxygen atoms in total. The van der Waals surface area contributed by atoms with Gasteiger partial charge in [-0.05, 0) is 35.7 Å². The molecule has 3 aromatic rings. The van der Waals surface area contributed by atoms with Crippen LogP contribution in [-0.4, -0.2) is 62.7 Å². The Labute approximate surface area is 257 Å². The van der Waals surface area contributed by atoms with Gasteiger partial charge in [0.25, 0.3) is 0 Å². The molecule has 0 unspecified atom stereocenters. The van der Waals surface area contributed by atoms with Gasteiger partial charge in [0.2, 0.25) is 11.8 Å². The highest BCUT2D eigenvalue weighted by atomic mass is 35.5. The number of carbonyl (C=O) groups is 2. The van der Waals surface area contributed by atoms with Crippen molar-refractivity contribution in [2.75, 3.05) is 31.5 Å². The number of nitrogens with one attached hydrogen (secondary N) is 1. The summed E-state index contributed by atoms with van der Waals surface area (Å²) in [5.74, 6) is -1.88. The summed E-state index contributed by atoms with van der Waals surface area (Å²) in [7, 11) is -1.76. The molecule has 12 heteroatoms. The molecule has 0 aliphatic carbocycles. The summed E-state index contributed by atoms with van der Waals surface area (Å²) in [5, 5.41) is 3.44. The van der Waals surface area contributed by atoms with E-state index in [0.29, 0.717) is 16.4 Å². The smallest absolute Gasteiger partial charge is 0.304 e. The fourth-order valence-electron chi connectivity index (χ4n) is 4.19. The first kappa shape index (κ1) is 33.3. The Morgan fingerprint density at radius 2 is 1.50 bits per heavy atom. The summed E-state index contributed by atoms with van der Waals surface area (Å²) in [6, 6.07) is 18.2. The third kappa shape index (κ3) is 8.44. The molecule has 0 spiro atoms. The van der Waals surface area contributed by atoms with E-state index in [4.69, 9.17) is 23.2 Å². The summed E-state index contributed by atoms with van der Waals surface area (Å²) in [6.07, 6.45) is 0.124. The SMILES string of the molecule is CC(C)CNC(=O)[C@H](Cc1ccccc1)N(Cc1c(Cl)cccc1Cl)C(=O)CN(c1ccccc1F)S(=O)(=O)N(C)C. The van der Waals surface area contributed by atoms with Crippen LogP contribution in [0.4, 0.5) is 10.1 Å². The summed E-state index contributed by atoms with van der Waals surface area (Å²) in [4.78, 5) is 29.2. The second-order valence-corrected chi connectivity index (χ2v) is 13.2. The molecule has 3 aromatic carbocycles. The van der Waals surface area contributed by atoms with Crippen LogP contribution >= 0.6 is 23.2 Å². The molecule has 0 aliphatic heterocycles. The van der Waals surface area contributed by atoms with E-state index in [0.717, 1.165) is 15.9 Å². The van der Waals surface area contributed by atoms with Gasteiger partial charge in [0.15, 0.2) is 0 Å². The number of hydrogen-bond acceptors (Lipinski definition) is 4. The Morgan fingerprint density at radius 1 is 0.905 bits per heavy atom.